The number of methoxy groups -OCH3 is 1. The lowest BCUT2D eigenvalue weighted by Crippen LogP contribution is -2.15. The van der Waals surface area contributed by atoms with Crippen molar-refractivity contribution in [3.8, 4) is 5.75 Å². The summed E-state index contributed by atoms with van der Waals surface area (Å²) in [4.78, 5) is 17.2. The third-order valence-electron chi connectivity index (χ3n) is 5.27. The Morgan fingerprint density at radius 1 is 0.970 bits per heavy atom. The van der Waals surface area contributed by atoms with Crippen LogP contribution in [0.1, 0.15) is 27.0 Å². The zero-order valence-electron chi connectivity index (χ0n) is 18.6. The minimum absolute atomic E-state index is 0.227. The summed E-state index contributed by atoms with van der Waals surface area (Å²) in [6.07, 6.45) is 0. The van der Waals surface area contributed by atoms with Crippen molar-refractivity contribution in [1.29, 1.82) is 0 Å². The van der Waals surface area contributed by atoms with Crippen molar-refractivity contribution in [2.75, 3.05) is 17.1 Å². The number of hydrogen-bond donors (Lipinski definition) is 2. The largest absolute Gasteiger partial charge is 0.494 e. The normalized spacial score (nSPS) is 11.4. The number of aromatic nitrogens is 1. The van der Waals surface area contributed by atoms with E-state index in [0.29, 0.717) is 37.9 Å². The molecule has 1 amide bonds. The number of fused-ring (bicyclic) bond motifs is 1. The summed E-state index contributed by atoms with van der Waals surface area (Å²) in [7, 11) is -2.33. The molecule has 3 aromatic carbocycles. The molecule has 0 saturated carbocycles. The molecule has 0 aliphatic carbocycles. The number of anilines is 2. The van der Waals surface area contributed by atoms with Gasteiger partial charge in [-0.25, -0.2) is 13.4 Å². The van der Waals surface area contributed by atoms with Gasteiger partial charge in [0, 0.05) is 11.6 Å². The highest BCUT2D eigenvalue weighted by atomic mass is 32.2. The number of sulfonamides is 1. The Balaban J connectivity index is 1.67. The van der Waals surface area contributed by atoms with Crippen LogP contribution < -0.4 is 14.8 Å². The van der Waals surface area contributed by atoms with E-state index < -0.39 is 10.0 Å². The fourth-order valence-corrected chi connectivity index (χ4v) is 5.73. The molecule has 1 aromatic heterocycles. The number of amides is 1. The minimum Gasteiger partial charge on any atom is -0.494 e. The Morgan fingerprint density at radius 2 is 1.67 bits per heavy atom. The van der Waals surface area contributed by atoms with Crippen LogP contribution in [0.5, 0.6) is 5.75 Å². The lowest BCUT2D eigenvalue weighted by Gasteiger charge is -2.13. The maximum atomic E-state index is 13.1. The molecule has 7 nitrogen and oxygen atoms in total. The van der Waals surface area contributed by atoms with Crippen LogP contribution in [-0.2, 0) is 10.0 Å². The number of nitrogens with one attached hydrogen (secondary N) is 2. The first-order valence-corrected chi connectivity index (χ1v) is 12.4. The Bertz CT molecular complexity index is 1460. The van der Waals surface area contributed by atoms with E-state index in [9.17, 15) is 13.2 Å². The smallest absolute Gasteiger partial charge is 0.262 e. The maximum Gasteiger partial charge on any atom is 0.262 e. The Labute approximate surface area is 196 Å². The number of rotatable bonds is 6. The third kappa shape index (κ3) is 4.69. The van der Waals surface area contributed by atoms with E-state index in [1.807, 2.05) is 26.0 Å². The van der Waals surface area contributed by atoms with Gasteiger partial charge in [-0.15, -0.1) is 0 Å². The second kappa shape index (κ2) is 8.84. The van der Waals surface area contributed by atoms with Crippen molar-refractivity contribution in [3.05, 3.63) is 76.9 Å². The average molecular weight is 482 g/mol. The van der Waals surface area contributed by atoms with Gasteiger partial charge in [0.2, 0.25) is 0 Å². The van der Waals surface area contributed by atoms with E-state index in [4.69, 9.17) is 4.74 Å². The quantitative estimate of drug-likeness (QED) is 0.390. The van der Waals surface area contributed by atoms with Crippen LogP contribution in [0.4, 0.5) is 10.8 Å². The van der Waals surface area contributed by atoms with Crippen LogP contribution in [0, 0.1) is 20.8 Å². The fourth-order valence-electron chi connectivity index (χ4n) is 3.46. The summed E-state index contributed by atoms with van der Waals surface area (Å²) in [5.41, 5.74) is 4.00. The molecule has 0 bridgehead atoms. The van der Waals surface area contributed by atoms with Crippen molar-refractivity contribution >= 4 is 48.3 Å². The Morgan fingerprint density at radius 3 is 2.36 bits per heavy atom. The number of hydrogen-bond acceptors (Lipinski definition) is 6. The van der Waals surface area contributed by atoms with Crippen LogP contribution >= 0.6 is 11.3 Å². The van der Waals surface area contributed by atoms with E-state index in [1.165, 1.54) is 18.4 Å². The predicted octanol–water partition coefficient (Wildman–Crippen LogP) is 5.28. The molecule has 0 aliphatic heterocycles. The highest BCUT2D eigenvalue weighted by Gasteiger charge is 2.20. The minimum atomic E-state index is -3.82. The molecule has 1 heterocycles. The summed E-state index contributed by atoms with van der Waals surface area (Å²) < 4.78 is 35.0. The first kappa shape index (κ1) is 22.8. The van der Waals surface area contributed by atoms with Gasteiger partial charge in [0.05, 0.1) is 22.4 Å². The van der Waals surface area contributed by atoms with Crippen LogP contribution in [0.15, 0.2) is 59.5 Å². The number of benzene rings is 3. The van der Waals surface area contributed by atoms with Crippen molar-refractivity contribution in [3.63, 3.8) is 0 Å². The molecule has 0 saturated heterocycles. The van der Waals surface area contributed by atoms with Crippen molar-refractivity contribution in [2.24, 2.45) is 0 Å². The molecule has 0 atom stereocenters. The van der Waals surface area contributed by atoms with Gasteiger partial charge < -0.3 is 4.74 Å². The summed E-state index contributed by atoms with van der Waals surface area (Å²) in [5, 5.41) is 3.18. The van der Waals surface area contributed by atoms with Gasteiger partial charge in [-0.1, -0.05) is 35.6 Å². The molecule has 9 heteroatoms. The first-order chi connectivity index (χ1) is 15.7. The molecular weight excluding hydrogens is 458 g/mol. The van der Waals surface area contributed by atoms with Gasteiger partial charge >= 0.3 is 0 Å². The van der Waals surface area contributed by atoms with Gasteiger partial charge in [-0.05, 0) is 61.7 Å². The van der Waals surface area contributed by atoms with Gasteiger partial charge in [0.25, 0.3) is 15.9 Å². The molecule has 0 spiro atoms. The number of carbonyl (C=O) groups excluding carboxylic acids is 1. The first-order valence-electron chi connectivity index (χ1n) is 10.1. The fraction of sp³-hybridized carbons (Fsp3) is 0.167. The van der Waals surface area contributed by atoms with Gasteiger partial charge in [-0.3, -0.25) is 14.8 Å². The summed E-state index contributed by atoms with van der Waals surface area (Å²) >= 11 is 1.24. The van der Waals surface area contributed by atoms with Crippen LogP contribution in [0.3, 0.4) is 0 Å². The zero-order chi connectivity index (χ0) is 23.8. The molecule has 0 aliphatic rings. The standard InChI is InChI=1S/C24H23N3O4S2/c1-14-10-16(3)21(11-15(14)2)33(29,30)27-18-12-19(31-4)22-20(13-18)32-24(25-22)26-23(28)17-8-6-5-7-9-17/h5-13,27H,1-4H3,(H,25,26,28). The van der Waals surface area contributed by atoms with E-state index in [2.05, 4.69) is 15.0 Å². The SMILES string of the molecule is COc1cc(NS(=O)(=O)c2cc(C)c(C)cc2C)cc2sc(NC(=O)c3ccccc3)nc12. The molecule has 0 unspecified atom stereocenters. The summed E-state index contributed by atoms with van der Waals surface area (Å²) in [5.74, 6) is 0.123. The van der Waals surface area contributed by atoms with E-state index in [-0.39, 0.29) is 10.8 Å². The number of aryl methyl sites for hydroxylation is 3. The average Bonchev–Trinajstić information content (AvgIpc) is 3.18. The molecule has 4 rings (SSSR count). The Hall–Kier alpha value is -3.43. The van der Waals surface area contributed by atoms with E-state index in [1.54, 1.807) is 49.4 Å². The van der Waals surface area contributed by atoms with Crippen molar-refractivity contribution in [2.45, 2.75) is 25.7 Å². The second-order valence-electron chi connectivity index (χ2n) is 7.67. The van der Waals surface area contributed by atoms with Crippen LogP contribution in [0.2, 0.25) is 0 Å². The van der Waals surface area contributed by atoms with Gasteiger partial charge in [0.15, 0.2) is 5.13 Å². The maximum absolute atomic E-state index is 13.1. The third-order valence-corrected chi connectivity index (χ3v) is 7.71. The van der Waals surface area contributed by atoms with E-state index in [0.717, 1.165) is 11.1 Å². The van der Waals surface area contributed by atoms with E-state index >= 15 is 0 Å². The summed E-state index contributed by atoms with van der Waals surface area (Å²) in [6.45, 7) is 5.60. The van der Waals surface area contributed by atoms with Crippen LogP contribution in [0.25, 0.3) is 10.2 Å². The lowest BCUT2D eigenvalue weighted by molar-refractivity contribution is 0.102. The molecule has 33 heavy (non-hydrogen) atoms. The summed E-state index contributed by atoms with van der Waals surface area (Å²) in [6, 6.07) is 15.6. The second-order valence-corrected chi connectivity index (χ2v) is 10.4. The highest BCUT2D eigenvalue weighted by Crippen LogP contribution is 2.36. The zero-order valence-corrected chi connectivity index (χ0v) is 20.2. The number of nitrogens with zero attached hydrogens (tertiary/aromatic N) is 1. The molecular formula is C24H23N3O4S2. The lowest BCUT2D eigenvalue weighted by atomic mass is 10.1. The molecule has 0 fully saturated rings. The monoisotopic (exact) mass is 481 g/mol. The number of thiazole rings is 1. The topological polar surface area (TPSA) is 97.4 Å². The molecule has 170 valence electrons. The molecule has 0 radical (unpaired) electrons. The molecule has 4 aromatic rings. The Kier molecular flexibility index (Phi) is 6.09. The number of ether oxygens (including phenoxy) is 1. The van der Waals surface area contributed by atoms with Crippen LogP contribution in [-0.4, -0.2) is 26.4 Å². The highest BCUT2D eigenvalue weighted by molar-refractivity contribution is 7.92. The van der Waals surface area contributed by atoms with Gasteiger partial charge in [0.1, 0.15) is 11.3 Å². The van der Waals surface area contributed by atoms with Gasteiger partial charge in [-0.2, -0.15) is 0 Å². The van der Waals surface area contributed by atoms with Crippen molar-refractivity contribution in [1.82, 2.24) is 4.98 Å². The van der Waals surface area contributed by atoms with Crippen molar-refractivity contribution < 1.29 is 17.9 Å². The number of carbonyl (C=O) groups is 1. The molecule has 2 N–H and O–H groups in total. The predicted molar refractivity (Wildman–Crippen MR) is 132 cm³/mol.